The maximum atomic E-state index is 12.1. The van der Waals surface area contributed by atoms with Crippen LogP contribution in [-0.4, -0.2) is 44.5 Å². The molecule has 100 valence electrons. The van der Waals surface area contributed by atoms with Crippen LogP contribution in [0.3, 0.4) is 0 Å². The molecule has 0 unspecified atom stereocenters. The summed E-state index contributed by atoms with van der Waals surface area (Å²) in [5.41, 5.74) is 7.41. The smallest absolute Gasteiger partial charge is 0.253 e. The highest BCUT2D eigenvalue weighted by atomic mass is 16.2. The van der Waals surface area contributed by atoms with E-state index < -0.39 is 0 Å². The molecule has 0 aliphatic carbocycles. The van der Waals surface area contributed by atoms with Gasteiger partial charge < -0.3 is 16.0 Å². The molecule has 4 nitrogen and oxygen atoms in total. The number of nitrogens with two attached hydrogens (primary N) is 1. The van der Waals surface area contributed by atoms with Crippen molar-refractivity contribution in [1.29, 1.82) is 0 Å². The third-order valence-corrected chi connectivity index (χ3v) is 2.90. The minimum absolute atomic E-state index is 0.0744. The second-order valence-electron chi connectivity index (χ2n) is 4.42. The summed E-state index contributed by atoms with van der Waals surface area (Å²) in [6.45, 7) is 2.33. The molecular weight excluding hydrogens is 226 g/mol. The lowest BCUT2D eigenvalue weighted by atomic mass is 10.1. The van der Waals surface area contributed by atoms with Crippen molar-refractivity contribution in [3.8, 4) is 0 Å². The zero-order chi connectivity index (χ0) is 13.4. The van der Waals surface area contributed by atoms with Crippen LogP contribution in [-0.2, 0) is 6.42 Å². The quantitative estimate of drug-likeness (QED) is 0.705. The van der Waals surface area contributed by atoms with Gasteiger partial charge in [-0.3, -0.25) is 4.79 Å². The molecule has 0 radical (unpaired) electrons. The van der Waals surface area contributed by atoms with E-state index in [0.717, 1.165) is 31.5 Å². The van der Waals surface area contributed by atoms with Crippen LogP contribution in [0.1, 0.15) is 22.3 Å². The van der Waals surface area contributed by atoms with E-state index in [1.54, 1.807) is 4.90 Å². The second kappa shape index (κ2) is 7.84. The SMILES string of the molecule is CNCCCN(C)C(=O)c1ccc(CCN)cc1. The van der Waals surface area contributed by atoms with Gasteiger partial charge in [0.1, 0.15) is 0 Å². The van der Waals surface area contributed by atoms with Gasteiger partial charge in [-0.05, 0) is 50.7 Å². The Labute approximate surface area is 109 Å². The molecule has 0 saturated heterocycles. The first-order valence-electron chi connectivity index (χ1n) is 6.38. The average molecular weight is 249 g/mol. The van der Waals surface area contributed by atoms with Gasteiger partial charge in [0.15, 0.2) is 0 Å². The lowest BCUT2D eigenvalue weighted by Gasteiger charge is -2.17. The Morgan fingerprint density at radius 3 is 2.56 bits per heavy atom. The third kappa shape index (κ3) is 4.47. The van der Waals surface area contributed by atoms with Crippen molar-refractivity contribution in [3.05, 3.63) is 35.4 Å². The Balaban J connectivity index is 2.54. The first-order chi connectivity index (χ1) is 8.69. The van der Waals surface area contributed by atoms with Crippen LogP contribution in [0.25, 0.3) is 0 Å². The van der Waals surface area contributed by atoms with Gasteiger partial charge in [0.2, 0.25) is 0 Å². The van der Waals surface area contributed by atoms with Crippen LogP contribution in [0.5, 0.6) is 0 Å². The monoisotopic (exact) mass is 249 g/mol. The molecule has 0 bridgehead atoms. The highest BCUT2D eigenvalue weighted by Gasteiger charge is 2.10. The number of rotatable bonds is 7. The molecule has 4 heteroatoms. The Bertz CT molecular complexity index is 362. The summed E-state index contributed by atoms with van der Waals surface area (Å²) in [5.74, 6) is 0.0744. The summed E-state index contributed by atoms with van der Waals surface area (Å²) in [6.07, 6.45) is 1.82. The van der Waals surface area contributed by atoms with E-state index in [2.05, 4.69) is 5.32 Å². The zero-order valence-corrected chi connectivity index (χ0v) is 11.3. The molecule has 1 amide bonds. The Morgan fingerprint density at radius 2 is 2.00 bits per heavy atom. The van der Waals surface area contributed by atoms with Crippen LogP contribution in [0.4, 0.5) is 0 Å². The number of nitrogens with one attached hydrogen (secondary N) is 1. The first-order valence-corrected chi connectivity index (χ1v) is 6.38. The molecule has 0 atom stereocenters. The fourth-order valence-electron chi connectivity index (χ4n) is 1.80. The zero-order valence-electron chi connectivity index (χ0n) is 11.3. The van der Waals surface area contributed by atoms with E-state index >= 15 is 0 Å². The summed E-state index contributed by atoms with van der Waals surface area (Å²) in [4.78, 5) is 13.8. The molecule has 18 heavy (non-hydrogen) atoms. The van der Waals surface area contributed by atoms with E-state index in [4.69, 9.17) is 5.73 Å². The molecule has 1 aromatic rings. The molecule has 0 fully saturated rings. The maximum Gasteiger partial charge on any atom is 0.253 e. The lowest BCUT2D eigenvalue weighted by molar-refractivity contribution is 0.0794. The van der Waals surface area contributed by atoms with E-state index in [1.807, 2.05) is 38.4 Å². The number of amides is 1. The van der Waals surface area contributed by atoms with E-state index in [9.17, 15) is 4.79 Å². The minimum Gasteiger partial charge on any atom is -0.342 e. The van der Waals surface area contributed by atoms with Gasteiger partial charge in [0.05, 0.1) is 0 Å². The summed E-state index contributed by atoms with van der Waals surface area (Å²) < 4.78 is 0. The third-order valence-electron chi connectivity index (χ3n) is 2.90. The van der Waals surface area contributed by atoms with Crippen molar-refractivity contribution in [2.75, 3.05) is 33.7 Å². The maximum absolute atomic E-state index is 12.1. The van der Waals surface area contributed by atoms with Crippen molar-refractivity contribution < 1.29 is 4.79 Å². The number of carbonyl (C=O) groups excluding carboxylic acids is 1. The van der Waals surface area contributed by atoms with Crippen molar-refractivity contribution in [2.45, 2.75) is 12.8 Å². The van der Waals surface area contributed by atoms with Gasteiger partial charge in [-0.25, -0.2) is 0 Å². The molecular formula is C14H23N3O. The van der Waals surface area contributed by atoms with Gasteiger partial charge in [0, 0.05) is 19.2 Å². The summed E-state index contributed by atoms with van der Waals surface area (Å²) in [7, 11) is 3.75. The van der Waals surface area contributed by atoms with Gasteiger partial charge in [-0.1, -0.05) is 12.1 Å². The fraction of sp³-hybridized carbons (Fsp3) is 0.500. The Kier molecular flexibility index (Phi) is 6.39. The minimum atomic E-state index is 0.0744. The Hall–Kier alpha value is -1.39. The Morgan fingerprint density at radius 1 is 1.33 bits per heavy atom. The molecule has 0 saturated carbocycles. The molecule has 0 heterocycles. The lowest BCUT2D eigenvalue weighted by Crippen LogP contribution is -2.29. The summed E-state index contributed by atoms with van der Waals surface area (Å²) in [5, 5.41) is 3.07. The molecule has 3 N–H and O–H groups in total. The molecule has 0 aliphatic rings. The molecule has 1 rings (SSSR count). The predicted octanol–water partition coefficient (Wildman–Crippen LogP) is 0.869. The van der Waals surface area contributed by atoms with E-state index in [0.29, 0.717) is 6.54 Å². The average Bonchev–Trinajstić information content (AvgIpc) is 2.39. The number of carbonyl (C=O) groups is 1. The first kappa shape index (κ1) is 14.7. The van der Waals surface area contributed by atoms with Crippen LogP contribution in [0.15, 0.2) is 24.3 Å². The summed E-state index contributed by atoms with van der Waals surface area (Å²) >= 11 is 0. The standard InChI is InChI=1S/C14H23N3O/c1-16-10-3-11-17(2)14(18)13-6-4-12(5-7-13)8-9-15/h4-7,16H,3,8-11,15H2,1-2H3. The number of benzene rings is 1. The van der Waals surface area contributed by atoms with Crippen LogP contribution < -0.4 is 11.1 Å². The number of hydrogen-bond donors (Lipinski definition) is 2. The predicted molar refractivity (Wildman–Crippen MR) is 74.7 cm³/mol. The van der Waals surface area contributed by atoms with Crippen molar-refractivity contribution in [1.82, 2.24) is 10.2 Å². The highest BCUT2D eigenvalue weighted by molar-refractivity contribution is 5.94. The van der Waals surface area contributed by atoms with Crippen molar-refractivity contribution in [3.63, 3.8) is 0 Å². The van der Waals surface area contributed by atoms with Crippen LogP contribution in [0, 0.1) is 0 Å². The molecule has 1 aromatic carbocycles. The number of nitrogens with zero attached hydrogens (tertiary/aromatic N) is 1. The van der Waals surface area contributed by atoms with E-state index in [1.165, 1.54) is 5.56 Å². The fourth-order valence-corrected chi connectivity index (χ4v) is 1.80. The van der Waals surface area contributed by atoms with E-state index in [-0.39, 0.29) is 5.91 Å². The van der Waals surface area contributed by atoms with Gasteiger partial charge in [-0.15, -0.1) is 0 Å². The van der Waals surface area contributed by atoms with Gasteiger partial charge in [0.25, 0.3) is 5.91 Å². The largest absolute Gasteiger partial charge is 0.342 e. The van der Waals surface area contributed by atoms with Crippen LogP contribution >= 0.6 is 0 Å². The topological polar surface area (TPSA) is 58.4 Å². The van der Waals surface area contributed by atoms with Gasteiger partial charge >= 0.3 is 0 Å². The molecule has 0 aromatic heterocycles. The second-order valence-corrected chi connectivity index (χ2v) is 4.42. The number of hydrogen-bond acceptors (Lipinski definition) is 3. The molecule has 0 aliphatic heterocycles. The highest BCUT2D eigenvalue weighted by Crippen LogP contribution is 2.07. The van der Waals surface area contributed by atoms with Crippen LogP contribution in [0.2, 0.25) is 0 Å². The van der Waals surface area contributed by atoms with Gasteiger partial charge in [-0.2, -0.15) is 0 Å². The van der Waals surface area contributed by atoms with Crippen molar-refractivity contribution >= 4 is 5.91 Å². The summed E-state index contributed by atoms with van der Waals surface area (Å²) in [6, 6.07) is 7.70. The normalized spacial score (nSPS) is 10.4. The van der Waals surface area contributed by atoms with Crippen molar-refractivity contribution in [2.24, 2.45) is 5.73 Å². The molecule has 0 spiro atoms.